The van der Waals surface area contributed by atoms with Crippen molar-refractivity contribution in [2.24, 2.45) is 5.41 Å². The van der Waals surface area contributed by atoms with E-state index in [9.17, 15) is 0 Å². The third-order valence-corrected chi connectivity index (χ3v) is 5.97. The van der Waals surface area contributed by atoms with Gasteiger partial charge in [-0.3, -0.25) is 0 Å². The third-order valence-electron chi connectivity index (χ3n) is 3.38. The highest BCUT2D eigenvalue weighted by atomic mass is 79.9. The maximum Gasteiger partial charge on any atom is 0.123 e. The molecule has 1 aromatic rings. The first-order chi connectivity index (χ1) is 7.83. The van der Waals surface area contributed by atoms with E-state index in [1.54, 1.807) is 7.11 Å². The molecule has 0 heterocycles. The molecule has 0 fully saturated rings. The first kappa shape index (κ1) is 15.0. The Morgan fingerprint density at radius 1 is 1.35 bits per heavy atom. The summed E-state index contributed by atoms with van der Waals surface area (Å²) in [5.41, 5.74) is 2.60. The average Bonchev–Trinajstić information content (AvgIpc) is 2.31. The molecular formula is C14H20Br2O. The molecule has 0 bridgehead atoms. The molecule has 0 radical (unpaired) electrons. The fourth-order valence-corrected chi connectivity index (χ4v) is 2.69. The van der Waals surface area contributed by atoms with Gasteiger partial charge in [0.25, 0.3) is 0 Å². The molecule has 96 valence electrons. The molecule has 1 rings (SSSR count). The first-order valence-electron chi connectivity index (χ1n) is 5.81. The van der Waals surface area contributed by atoms with Gasteiger partial charge in [-0.05, 0) is 36.5 Å². The summed E-state index contributed by atoms with van der Waals surface area (Å²) >= 11 is 7.41. The van der Waals surface area contributed by atoms with E-state index in [1.165, 1.54) is 11.1 Å². The van der Waals surface area contributed by atoms with E-state index >= 15 is 0 Å². The zero-order valence-electron chi connectivity index (χ0n) is 11.1. The zero-order chi connectivity index (χ0) is 13.2. The van der Waals surface area contributed by atoms with Crippen LogP contribution in [0.2, 0.25) is 0 Å². The number of hydrogen-bond donors (Lipinski definition) is 0. The molecule has 0 aliphatic carbocycles. The van der Waals surface area contributed by atoms with Gasteiger partial charge in [0.2, 0.25) is 0 Å². The molecule has 1 nitrogen and oxygen atoms in total. The topological polar surface area (TPSA) is 9.23 Å². The minimum absolute atomic E-state index is 0.196. The van der Waals surface area contributed by atoms with E-state index in [-0.39, 0.29) is 10.2 Å². The Kier molecular flexibility index (Phi) is 5.08. The predicted molar refractivity (Wildman–Crippen MR) is 81.2 cm³/mol. The SMILES string of the molecule is CCC(C)(C)C(Br)c1cc(Br)c(C)cc1OC. The molecule has 3 heteroatoms. The maximum absolute atomic E-state index is 5.49. The molecule has 1 atom stereocenters. The van der Waals surface area contributed by atoms with Crippen molar-refractivity contribution in [1.82, 2.24) is 0 Å². The van der Waals surface area contributed by atoms with Crippen LogP contribution in [0.1, 0.15) is 43.1 Å². The Bertz CT molecular complexity index is 399. The second kappa shape index (κ2) is 5.75. The standard InChI is InChI=1S/C14H20Br2O/c1-6-14(3,4)13(16)10-8-11(15)9(2)7-12(10)17-5/h7-8,13H,6H2,1-5H3. The Balaban J connectivity index is 3.25. The van der Waals surface area contributed by atoms with E-state index < -0.39 is 0 Å². The molecule has 1 unspecified atom stereocenters. The molecule has 1 aromatic carbocycles. The summed E-state index contributed by atoms with van der Waals surface area (Å²) in [6.07, 6.45) is 1.11. The van der Waals surface area contributed by atoms with Gasteiger partial charge in [-0.1, -0.05) is 52.6 Å². The molecule has 0 aromatic heterocycles. The smallest absolute Gasteiger partial charge is 0.123 e. The first-order valence-corrected chi connectivity index (χ1v) is 7.52. The summed E-state index contributed by atoms with van der Waals surface area (Å²) in [4.78, 5) is 0.284. The van der Waals surface area contributed by atoms with Gasteiger partial charge in [-0.25, -0.2) is 0 Å². The Morgan fingerprint density at radius 2 is 1.94 bits per heavy atom. The fraction of sp³-hybridized carbons (Fsp3) is 0.571. The Labute approximate surface area is 121 Å². The van der Waals surface area contributed by atoms with Crippen LogP contribution in [0, 0.1) is 12.3 Å². The molecule has 0 amide bonds. The van der Waals surface area contributed by atoms with E-state index in [0.29, 0.717) is 0 Å². The molecule has 0 spiro atoms. The van der Waals surface area contributed by atoms with Gasteiger partial charge in [0.05, 0.1) is 7.11 Å². The molecule has 0 aliphatic rings. The van der Waals surface area contributed by atoms with Gasteiger partial charge in [0.15, 0.2) is 0 Å². The second-order valence-corrected chi connectivity index (χ2v) is 6.82. The van der Waals surface area contributed by atoms with Gasteiger partial charge in [0, 0.05) is 14.9 Å². The number of alkyl halides is 1. The van der Waals surface area contributed by atoms with Crippen molar-refractivity contribution in [2.75, 3.05) is 7.11 Å². The minimum atomic E-state index is 0.196. The number of ether oxygens (including phenoxy) is 1. The largest absolute Gasteiger partial charge is 0.496 e. The summed E-state index contributed by atoms with van der Waals surface area (Å²) in [5.74, 6) is 0.953. The normalized spacial score (nSPS) is 13.6. The number of hydrogen-bond acceptors (Lipinski definition) is 1. The molecular weight excluding hydrogens is 344 g/mol. The molecule has 0 saturated heterocycles. The third kappa shape index (κ3) is 3.25. The predicted octanol–water partition coefficient (Wildman–Crippen LogP) is 5.64. The quantitative estimate of drug-likeness (QED) is 0.629. The van der Waals surface area contributed by atoms with Gasteiger partial charge in [-0.2, -0.15) is 0 Å². The van der Waals surface area contributed by atoms with E-state index in [2.05, 4.69) is 71.7 Å². The second-order valence-electron chi connectivity index (χ2n) is 5.05. The van der Waals surface area contributed by atoms with Gasteiger partial charge in [-0.15, -0.1) is 0 Å². The number of rotatable bonds is 4. The van der Waals surface area contributed by atoms with E-state index in [0.717, 1.165) is 16.6 Å². The van der Waals surface area contributed by atoms with Crippen molar-refractivity contribution >= 4 is 31.9 Å². The molecule has 17 heavy (non-hydrogen) atoms. The van der Waals surface area contributed by atoms with Crippen molar-refractivity contribution in [3.05, 3.63) is 27.7 Å². The Hall–Kier alpha value is -0.0200. The summed E-state index contributed by atoms with van der Waals surface area (Å²) in [6.45, 7) is 8.81. The van der Waals surface area contributed by atoms with Crippen LogP contribution < -0.4 is 4.74 Å². The Morgan fingerprint density at radius 3 is 2.41 bits per heavy atom. The van der Waals surface area contributed by atoms with Crippen molar-refractivity contribution in [3.8, 4) is 5.75 Å². The van der Waals surface area contributed by atoms with E-state index in [4.69, 9.17) is 4.74 Å². The average molecular weight is 364 g/mol. The van der Waals surface area contributed by atoms with E-state index in [1.807, 2.05) is 0 Å². The number of methoxy groups -OCH3 is 1. The highest BCUT2D eigenvalue weighted by Crippen LogP contribution is 2.47. The maximum atomic E-state index is 5.49. The highest BCUT2D eigenvalue weighted by Gasteiger charge is 2.29. The lowest BCUT2D eigenvalue weighted by molar-refractivity contribution is 0.334. The lowest BCUT2D eigenvalue weighted by Gasteiger charge is -2.30. The fourth-order valence-electron chi connectivity index (χ4n) is 1.65. The van der Waals surface area contributed by atoms with Crippen LogP contribution in [-0.2, 0) is 0 Å². The van der Waals surface area contributed by atoms with Crippen LogP contribution in [0.25, 0.3) is 0 Å². The summed E-state index contributed by atoms with van der Waals surface area (Å²) < 4.78 is 6.62. The summed E-state index contributed by atoms with van der Waals surface area (Å²) in [5, 5.41) is 0. The van der Waals surface area contributed by atoms with Crippen molar-refractivity contribution in [2.45, 2.75) is 38.9 Å². The van der Waals surface area contributed by atoms with Crippen molar-refractivity contribution in [1.29, 1.82) is 0 Å². The minimum Gasteiger partial charge on any atom is -0.496 e. The van der Waals surface area contributed by atoms with Crippen LogP contribution in [-0.4, -0.2) is 7.11 Å². The molecule has 0 saturated carbocycles. The van der Waals surface area contributed by atoms with Gasteiger partial charge < -0.3 is 4.74 Å². The van der Waals surface area contributed by atoms with Crippen LogP contribution >= 0.6 is 31.9 Å². The molecule has 0 N–H and O–H groups in total. The lowest BCUT2D eigenvalue weighted by Crippen LogP contribution is -2.17. The van der Waals surface area contributed by atoms with Gasteiger partial charge >= 0.3 is 0 Å². The highest BCUT2D eigenvalue weighted by molar-refractivity contribution is 9.10. The zero-order valence-corrected chi connectivity index (χ0v) is 14.3. The number of halogens is 2. The summed E-state index contributed by atoms with van der Waals surface area (Å²) in [7, 11) is 1.73. The van der Waals surface area contributed by atoms with Crippen LogP contribution in [0.5, 0.6) is 5.75 Å². The van der Waals surface area contributed by atoms with Crippen LogP contribution in [0.15, 0.2) is 16.6 Å². The lowest BCUT2D eigenvalue weighted by atomic mass is 9.83. The van der Waals surface area contributed by atoms with Crippen LogP contribution in [0.4, 0.5) is 0 Å². The van der Waals surface area contributed by atoms with Gasteiger partial charge in [0.1, 0.15) is 5.75 Å². The van der Waals surface area contributed by atoms with Crippen molar-refractivity contribution in [3.63, 3.8) is 0 Å². The number of benzene rings is 1. The molecule has 0 aliphatic heterocycles. The summed E-state index contributed by atoms with van der Waals surface area (Å²) in [6, 6.07) is 4.24. The number of aryl methyl sites for hydroxylation is 1. The monoisotopic (exact) mass is 362 g/mol. The van der Waals surface area contributed by atoms with Crippen LogP contribution in [0.3, 0.4) is 0 Å². The van der Waals surface area contributed by atoms with Crippen molar-refractivity contribution < 1.29 is 4.74 Å².